The van der Waals surface area contributed by atoms with E-state index >= 15 is 0 Å². The maximum Gasteiger partial charge on any atom is 0.402 e. The molecular formula is C7H12F6N2. The van der Waals surface area contributed by atoms with E-state index in [-0.39, 0.29) is 0 Å². The fourth-order valence-corrected chi connectivity index (χ4v) is 1.27. The van der Waals surface area contributed by atoms with Gasteiger partial charge in [0.15, 0.2) is 5.92 Å². The van der Waals surface area contributed by atoms with E-state index in [4.69, 9.17) is 5.84 Å². The second-order valence-electron chi connectivity index (χ2n) is 3.50. The van der Waals surface area contributed by atoms with Crippen molar-refractivity contribution in [3.05, 3.63) is 0 Å². The zero-order valence-electron chi connectivity index (χ0n) is 8.08. The van der Waals surface area contributed by atoms with Gasteiger partial charge in [0.2, 0.25) is 0 Å². The Morgan fingerprint density at radius 3 is 1.33 bits per heavy atom. The summed E-state index contributed by atoms with van der Waals surface area (Å²) in [5, 5.41) is 0. The Morgan fingerprint density at radius 2 is 1.27 bits per heavy atom. The molecule has 0 aromatic carbocycles. The van der Waals surface area contributed by atoms with Crippen LogP contribution in [-0.4, -0.2) is 18.4 Å². The van der Waals surface area contributed by atoms with E-state index in [1.165, 1.54) is 13.8 Å². The van der Waals surface area contributed by atoms with Crippen LogP contribution in [0.5, 0.6) is 0 Å². The molecule has 0 heterocycles. The monoisotopic (exact) mass is 238 g/mol. The smallest absolute Gasteiger partial charge is 0.271 e. The number of nitrogens with one attached hydrogen (secondary N) is 1. The van der Waals surface area contributed by atoms with Crippen molar-refractivity contribution in [1.29, 1.82) is 0 Å². The fraction of sp³-hybridized carbons (Fsp3) is 1.00. The van der Waals surface area contributed by atoms with E-state index < -0.39 is 30.2 Å². The Morgan fingerprint density at radius 1 is 0.933 bits per heavy atom. The van der Waals surface area contributed by atoms with Crippen LogP contribution in [0.3, 0.4) is 0 Å². The predicted molar refractivity (Wildman–Crippen MR) is 41.5 cm³/mol. The van der Waals surface area contributed by atoms with Gasteiger partial charge in [0, 0.05) is 6.04 Å². The zero-order valence-corrected chi connectivity index (χ0v) is 8.08. The lowest BCUT2D eigenvalue weighted by Crippen LogP contribution is -2.55. The normalized spacial score (nSPS) is 16.2. The fourth-order valence-electron chi connectivity index (χ4n) is 1.27. The third-order valence-electron chi connectivity index (χ3n) is 1.98. The molecule has 0 aliphatic rings. The summed E-state index contributed by atoms with van der Waals surface area (Å²) in [6.07, 6.45) is -10.7. The minimum absolute atomic E-state index is 0.886. The number of halogens is 6. The highest BCUT2D eigenvalue weighted by atomic mass is 19.4. The number of hydrogen-bond acceptors (Lipinski definition) is 2. The van der Waals surface area contributed by atoms with Crippen LogP contribution in [0, 0.1) is 11.8 Å². The second-order valence-corrected chi connectivity index (χ2v) is 3.50. The molecule has 0 aromatic heterocycles. The van der Waals surface area contributed by atoms with Crippen LogP contribution < -0.4 is 11.3 Å². The molecule has 1 unspecified atom stereocenters. The van der Waals surface area contributed by atoms with Gasteiger partial charge in [0.05, 0.1) is 0 Å². The molecular weight excluding hydrogens is 226 g/mol. The average molecular weight is 238 g/mol. The highest BCUT2D eigenvalue weighted by Gasteiger charge is 2.60. The van der Waals surface area contributed by atoms with Gasteiger partial charge in [0.25, 0.3) is 0 Å². The van der Waals surface area contributed by atoms with Crippen LogP contribution in [0.2, 0.25) is 0 Å². The van der Waals surface area contributed by atoms with Gasteiger partial charge in [-0.05, 0) is 5.92 Å². The van der Waals surface area contributed by atoms with Crippen molar-refractivity contribution < 1.29 is 26.3 Å². The summed E-state index contributed by atoms with van der Waals surface area (Å²) in [5.74, 6) is 0.383. The van der Waals surface area contributed by atoms with Gasteiger partial charge in [-0.15, -0.1) is 0 Å². The van der Waals surface area contributed by atoms with Crippen molar-refractivity contribution in [2.45, 2.75) is 32.2 Å². The molecule has 3 N–H and O–H groups in total. The molecule has 0 amide bonds. The number of hydrogen-bond donors (Lipinski definition) is 2. The van der Waals surface area contributed by atoms with Crippen LogP contribution in [0.4, 0.5) is 26.3 Å². The number of rotatable bonds is 3. The first kappa shape index (κ1) is 14.5. The summed E-state index contributed by atoms with van der Waals surface area (Å²) in [4.78, 5) is 0. The third-order valence-corrected chi connectivity index (χ3v) is 1.98. The van der Waals surface area contributed by atoms with Crippen LogP contribution in [0.25, 0.3) is 0 Å². The highest BCUT2D eigenvalue weighted by Crippen LogP contribution is 2.42. The molecule has 0 radical (unpaired) electrons. The first-order valence-electron chi connectivity index (χ1n) is 4.11. The lowest BCUT2D eigenvalue weighted by atomic mass is 9.90. The van der Waals surface area contributed by atoms with Gasteiger partial charge in [-0.1, -0.05) is 13.8 Å². The van der Waals surface area contributed by atoms with Crippen molar-refractivity contribution in [3.8, 4) is 0 Å². The summed E-state index contributed by atoms with van der Waals surface area (Å²) in [7, 11) is 0. The van der Waals surface area contributed by atoms with E-state index in [1.54, 1.807) is 5.43 Å². The van der Waals surface area contributed by atoms with Crippen molar-refractivity contribution in [3.63, 3.8) is 0 Å². The van der Waals surface area contributed by atoms with Crippen LogP contribution >= 0.6 is 0 Å². The molecule has 0 saturated carbocycles. The molecule has 0 aromatic rings. The molecule has 0 saturated heterocycles. The molecule has 92 valence electrons. The topological polar surface area (TPSA) is 38.0 Å². The first-order chi connectivity index (χ1) is 6.51. The van der Waals surface area contributed by atoms with Crippen molar-refractivity contribution in [2.24, 2.45) is 17.7 Å². The molecule has 0 aliphatic heterocycles. The lowest BCUT2D eigenvalue weighted by molar-refractivity contribution is -0.294. The Labute approximate surface area is 82.8 Å². The third kappa shape index (κ3) is 3.86. The first-order valence-corrected chi connectivity index (χ1v) is 4.11. The lowest BCUT2D eigenvalue weighted by Gasteiger charge is -2.32. The molecule has 0 aliphatic carbocycles. The Hall–Kier alpha value is -0.500. The zero-order chi connectivity index (χ0) is 12.4. The molecule has 0 rings (SSSR count). The maximum absolute atomic E-state index is 12.2. The van der Waals surface area contributed by atoms with E-state index in [0.717, 1.165) is 0 Å². The summed E-state index contributed by atoms with van der Waals surface area (Å²) >= 11 is 0. The van der Waals surface area contributed by atoms with Gasteiger partial charge in [-0.25, -0.2) is 0 Å². The van der Waals surface area contributed by atoms with Gasteiger partial charge in [-0.3, -0.25) is 11.3 Å². The Kier molecular flexibility index (Phi) is 4.41. The van der Waals surface area contributed by atoms with Gasteiger partial charge >= 0.3 is 12.4 Å². The molecule has 0 bridgehead atoms. The minimum atomic E-state index is -5.36. The summed E-state index contributed by atoms with van der Waals surface area (Å²) < 4.78 is 73.2. The van der Waals surface area contributed by atoms with Crippen molar-refractivity contribution in [2.75, 3.05) is 0 Å². The Bertz CT molecular complexity index is 183. The van der Waals surface area contributed by atoms with Gasteiger partial charge in [-0.2, -0.15) is 26.3 Å². The maximum atomic E-state index is 12.2. The predicted octanol–water partition coefficient (Wildman–Crippen LogP) is 2.22. The number of hydrazine groups is 1. The van der Waals surface area contributed by atoms with Crippen molar-refractivity contribution in [1.82, 2.24) is 5.43 Å². The quantitative estimate of drug-likeness (QED) is 0.449. The SMILES string of the molecule is CC(C)C(NN)C(C(F)(F)F)C(F)(F)F. The summed E-state index contributed by atoms with van der Waals surface area (Å²) in [6, 6.07) is -1.88. The highest BCUT2D eigenvalue weighted by molar-refractivity contribution is 4.87. The van der Waals surface area contributed by atoms with Crippen LogP contribution in [-0.2, 0) is 0 Å². The molecule has 0 spiro atoms. The van der Waals surface area contributed by atoms with E-state index in [0.29, 0.717) is 0 Å². The second kappa shape index (κ2) is 4.56. The van der Waals surface area contributed by atoms with E-state index in [2.05, 4.69) is 0 Å². The summed E-state index contributed by atoms with van der Waals surface area (Å²) in [5.41, 5.74) is 1.57. The number of alkyl halides is 6. The van der Waals surface area contributed by atoms with Crippen molar-refractivity contribution >= 4 is 0 Å². The molecule has 8 heteroatoms. The van der Waals surface area contributed by atoms with Gasteiger partial charge in [0.1, 0.15) is 0 Å². The molecule has 2 nitrogen and oxygen atoms in total. The largest absolute Gasteiger partial charge is 0.402 e. The average Bonchev–Trinajstić information content (AvgIpc) is 1.93. The Balaban J connectivity index is 5.10. The van der Waals surface area contributed by atoms with Crippen LogP contribution in [0.15, 0.2) is 0 Å². The molecule has 1 atom stereocenters. The number of nitrogens with two attached hydrogens (primary N) is 1. The molecule has 15 heavy (non-hydrogen) atoms. The van der Waals surface area contributed by atoms with Crippen LogP contribution in [0.1, 0.15) is 13.8 Å². The van der Waals surface area contributed by atoms with E-state index in [1.807, 2.05) is 0 Å². The minimum Gasteiger partial charge on any atom is -0.271 e. The summed E-state index contributed by atoms with van der Waals surface area (Å²) in [6.45, 7) is 2.46. The standard InChI is InChI=1S/C7H12F6N2/c1-3(2)4(15-14)5(6(8,9)10)7(11,12)13/h3-5,15H,14H2,1-2H3. The molecule has 0 fully saturated rings. The van der Waals surface area contributed by atoms with Gasteiger partial charge < -0.3 is 0 Å². The van der Waals surface area contributed by atoms with E-state index in [9.17, 15) is 26.3 Å².